The smallest absolute Gasteiger partial charge is 0.251 e. The van der Waals surface area contributed by atoms with Crippen molar-refractivity contribution >= 4 is 11.6 Å². The van der Waals surface area contributed by atoms with Gasteiger partial charge in [-0.15, -0.1) is 0 Å². The highest BCUT2D eigenvalue weighted by atomic mass is 35.5. The Bertz CT molecular complexity index is 120. The van der Waals surface area contributed by atoms with Crippen LogP contribution in [-0.2, 0) is 0 Å². The molecule has 0 N–H and O–H groups in total. The van der Waals surface area contributed by atoms with E-state index in [1.165, 1.54) is 0 Å². The average molecular weight is 211 g/mol. The molecule has 0 rings (SSSR count). The molecule has 6 heteroatoms. The number of rotatable bonds is 5. The summed E-state index contributed by atoms with van der Waals surface area (Å²) in [6, 6.07) is 0. The van der Waals surface area contributed by atoms with Crippen LogP contribution in [0.3, 0.4) is 0 Å². The fraction of sp³-hybridized carbons (Fsp3) is 1.00. The van der Waals surface area contributed by atoms with Gasteiger partial charge >= 0.3 is 0 Å². The fourth-order valence-corrected chi connectivity index (χ4v) is 0.769. The molecule has 0 aromatic heterocycles. The van der Waals surface area contributed by atoms with E-state index in [1.807, 2.05) is 0 Å². The van der Waals surface area contributed by atoms with Crippen molar-refractivity contribution in [2.24, 2.45) is 0 Å². The zero-order valence-corrected chi connectivity index (χ0v) is 6.85. The molecule has 12 heavy (non-hydrogen) atoms. The van der Waals surface area contributed by atoms with E-state index >= 15 is 0 Å². The van der Waals surface area contributed by atoms with Crippen molar-refractivity contribution in [2.45, 2.75) is 23.9 Å². The molecule has 0 aromatic carbocycles. The fourth-order valence-electron chi connectivity index (χ4n) is 0.603. The first-order valence-corrected chi connectivity index (χ1v) is 3.63. The predicted molar refractivity (Wildman–Crippen MR) is 35.8 cm³/mol. The third kappa shape index (κ3) is 2.77. The lowest BCUT2D eigenvalue weighted by atomic mass is 10.1. The number of hydrogen-bond donors (Lipinski definition) is 0. The Balaban J connectivity index is 4.28. The normalized spacial score (nSPS) is 17.5. The van der Waals surface area contributed by atoms with Gasteiger partial charge in [0.2, 0.25) is 5.13 Å². The number of hydrogen-bond acceptors (Lipinski definition) is 0. The van der Waals surface area contributed by atoms with E-state index in [2.05, 4.69) is 11.6 Å². The zero-order chi connectivity index (χ0) is 9.83. The Morgan fingerprint density at radius 2 is 1.33 bits per heavy atom. The van der Waals surface area contributed by atoms with Crippen LogP contribution >= 0.6 is 11.6 Å². The van der Waals surface area contributed by atoms with Crippen LogP contribution in [-0.4, -0.2) is 24.4 Å². The van der Waals surface area contributed by atoms with Gasteiger partial charge in [0.1, 0.15) is 0 Å². The van der Waals surface area contributed by atoms with E-state index in [0.29, 0.717) is 0 Å². The van der Waals surface area contributed by atoms with Crippen LogP contribution in [0.1, 0.15) is 12.8 Å². The van der Waals surface area contributed by atoms with E-state index in [0.717, 1.165) is 0 Å². The lowest BCUT2D eigenvalue weighted by Crippen LogP contribution is -2.40. The molecule has 0 saturated heterocycles. The van der Waals surface area contributed by atoms with Crippen LogP contribution in [0.25, 0.3) is 0 Å². The second kappa shape index (κ2) is 4.25. The van der Waals surface area contributed by atoms with Crippen LogP contribution in [0.4, 0.5) is 22.0 Å². The van der Waals surface area contributed by atoms with Gasteiger partial charge in [-0.05, 0) is 0 Å². The monoisotopic (exact) mass is 210 g/mol. The maximum absolute atomic E-state index is 12.7. The summed E-state index contributed by atoms with van der Waals surface area (Å²) in [7, 11) is 0. The lowest BCUT2D eigenvalue weighted by molar-refractivity contribution is -0.108. The van der Waals surface area contributed by atoms with Crippen LogP contribution in [0.15, 0.2) is 0 Å². The summed E-state index contributed by atoms with van der Waals surface area (Å²) in [5.41, 5.74) is 0. The van der Waals surface area contributed by atoms with Gasteiger partial charge in [0.05, 0.1) is 13.3 Å². The zero-order valence-electron chi connectivity index (χ0n) is 6.10. The Labute approximate surface area is 71.7 Å². The van der Waals surface area contributed by atoms with Gasteiger partial charge in [-0.25, -0.2) is 13.2 Å². The largest absolute Gasteiger partial charge is 0.297 e. The molecule has 0 amide bonds. The molecule has 0 aliphatic rings. The van der Waals surface area contributed by atoms with Crippen LogP contribution in [0.2, 0.25) is 0 Å². The van der Waals surface area contributed by atoms with Crippen LogP contribution in [0.5, 0.6) is 0 Å². The Hall–Kier alpha value is -0.0600. The van der Waals surface area contributed by atoms with Gasteiger partial charge in [-0.2, -0.15) is 0 Å². The molecule has 0 bridgehead atoms. The summed E-state index contributed by atoms with van der Waals surface area (Å²) in [4.78, 5) is 0. The Kier molecular flexibility index (Phi) is 4.23. The molecule has 0 aliphatic carbocycles. The molecule has 0 saturated carbocycles. The third-order valence-corrected chi connectivity index (χ3v) is 1.82. The molecular weight excluding hydrogens is 203 g/mol. The Morgan fingerprint density at radius 3 is 1.67 bits per heavy atom. The van der Waals surface area contributed by atoms with Gasteiger partial charge in [0.25, 0.3) is 5.92 Å². The molecule has 0 aromatic rings. The van der Waals surface area contributed by atoms with Crippen molar-refractivity contribution in [2.75, 3.05) is 13.3 Å². The number of alkyl halides is 6. The molecule has 0 heterocycles. The van der Waals surface area contributed by atoms with E-state index < -0.39 is 37.2 Å². The molecule has 0 aliphatic heterocycles. The quantitative estimate of drug-likeness (QED) is 0.483. The van der Waals surface area contributed by atoms with Crippen LogP contribution < -0.4 is 0 Å². The summed E-state index contributed by atoms with van der Waals surface area (Å²) >= 11 is 4.68. The molecule has 1 unspecified atom stereocenters. The topological polar surface area (TPSA) is 0 Å². The van der Waals surface area contributed by atoms with Crippen LogP contribution in [0, 0.1) is 0 Å². The van der Waals surface area contributed by atoms with E-state index in [1.54, 1.807) is 0 Å². The summed E-state index contributed by atoms with van der Waals surface area (Å²) in [5, 5.41) is -3.48. The van der Waals surface area contributed by atoms with Gasteiger partial charge < -0.3 is 0 Å². The van der Waals surface area contributed by atoms with Gasteiger partial charge in [-0.1, -0.05) is 11.6 Å². The minimum Gasteiger partial charge on any atom is -0.251 e. The minimum absolute atomic E-state index is 1.14. The molecule has 0 fully saturated rings. The van der Waals surface area contributed by atoms with Crippen molar-refractivity contribution < 1.29 is 22.0 Å². The van der Waals surface area contributed by atoms with Crippen molar-refractivity contribution in [3.63, 3.8) is 0 Å². The highest BCUT2D eigenvalue weighted by molar-refractivity contribution is 6.23. The van der Waals surface area contributed by atoms with Gasteiger partial charge in [0.15, 0.2) is 0 Å². The first-order chi connectivity index (χ1) is 5.37. The summed E-state index contributed by atoms with van der Waals surface area (Å²) in [6.07, 6.45) is -2.46. The first-order valence-electron chi connectivity index (χ1n) is 3.25. The highest BCUT2D eigenvalue weighted by Gasteiger charge is 2.52. The van der Waals surface area contributed by atoms with Crippen molar-refractivity contribution in [1.82, 2.24) is 0 Å². The molecule has 0 spiro atoms. The summed E-state index contributed by atoms with van der Waals surface area (Å²) < 4.78 is 60.6. The third-order valence-electron chi connectivity index (χ3n) is 1.35. The minimum atomic E-state index is -4.02. The number of halogens is 6. The van der Waals surface area contributed by atoms with Crippen molar-refractivity contribution in [1.29, 1.82) is 0 Å². The molecule has 74 valence electrons. The standard InChI is InChI=1S/C6H8ClF5/c7-5(10,1-3-8)6(11,12)2-4-9/h1-4H2. The van der Waals surface area contributed by atoms with E-state index in [-0.39, 0.29) is 0 Å². The Morgan fingerprint density at radius 1 is 0.917 bits per heavy atom. The maximum Gasteiger partial charge on any atom is 0.297 e. The molecule has 1 atom stereocenters. The van der Waals surface area contributed by atoms with Crippen molar-refractivity contribution in [3.05, 3.63) is 0 Å². The molecule has 0 radical (unpaired) electrons. The lowest BCUT2D eigenvalue weighted by Gasteiger charge is -2.26. The molecule has 0 nitrogen and oxygen atoms in total. The van der Waals surface area contributed by atoms with Gasteiger partial charge in [0, 0.05) is 12.8 Å². The molecular formula is C6H8ClF5. The first kappa shape index (κ1) is 11.9. The average Bonchev–Trinajstić information content (AvgIpc) is 1.86. The SMILES string of the molecule is FCCC(F)(F)C(F)(Cl)CCF. The summed E-state index contributed by atoms with van der Waals surface area (Å²) in [5.74, 6) is -4.02. The van der Waals surface area contributed by atoms with E-state index in [9.17, 15) is 22.0 Å². The van der Waals surface area contributed by atoms with Crippen molar-refractivity contribution in [3.8, 4) is 0 Å². The van der Waals surface area contributed by atoms with Gasteiger partial charge in [-0.3, -0.25) is 8.78 Å². The van der Waals surface area contributed by atoms with E-state index in [4.69, 9.17) is 0 Å². The summed E-state index contributed by atoms with van der Waals surface area (Å²) in [6.45, 7) is -2.69. The maximum atomic E-state index is 12.7. The predicted octanol–water partition coefficient (Wildman–Crippen LogP) is 3.25. The second-order valence-electron chi connectivity index (χ2n) is 2.29. The second-order valence-corrected chi connectivity index (χ2v) is 2.89. The highest BCUT2D eigenvalue weighted by Crippen LogP contribution is 2.41.